The second-order valence-electron chi connectivity index (χ2n) is 4.61. The van der Waals surface area contributed by atoms with E-state index in [-0.39, 0.29) is 12.0 Å². The van der Waals surface area contributed by atoms with Gasteiger partial charge in [0, 0.05) is 19.6 Å². The first-order valence-electron chi connectivity index (χ1n) is 5.63. The lowest BCUT2D eigenvalue weighted by molar-refractivity contribution is -0.131. The predicted molar refractivity (Wildman–Crippen MR) is 59.6 cm³/mol. The molecular formula is C11H22N2O2. The minimum absolute atomic E-state index is 0.186. The lowest BCUT2D eigenvalue weighted by Gasteiger charge is -2.21. The fourth-order valence-corrected chi connectivity index (χ4v) is 1.49. The highest BCUT2D eigenvalue weighted by molar-refractivity contribution is 5.78. The van der Waals surface area contributed by atoms with E-state index in [1.54, 1.807) is 6.92 Å². The minimum atomic E-state index is -0.288. The van der Waals surface area contributed by atoms with Gasteiger partial charge in [0.15, 0.2) is 0 Å². The number of hydrogen-bond acceptors (Lipinski definition) is 3. The fourth-order valence-electron chi connectivity index (χ4n) is 1.49. The molecule has 0 saturated heterocycles. The number of nitrogens with zero attached hydrogens (tertiary/aromatic N) is 2. The Morgan fingerprint density at radius 2 is 2.07 bits per heavy atom. The molecule has 1 atom stereocenters. The van der Waals surface area contributed by atoms with E-state index in [0.29, 0.717) is 12.6 Å². The summed E-state index contributed by atoms with van der Waals surface area (Å²) in [5.74, 6) is 0.186. The van der Waals surface area contributed by atoms with Crippen molar-refractivity contribution in [2.24, 2.45) is 0 Å². The quantitative estimate of drug-likeness (QED) is 0.692. The molecule has 0 aromatic rings. The van der Waals surface area contributed by atoms with Crippen LogP contribution in [0.15, 0.2) is 0 Å². The van der Waals surface area contributed by atoms with Crippen molar-refractivity contribution in [2.75, 3.05) is 27.2 Å². The summed E-state index contributed by atoms with van der Waals surface area (Å²) in [6, 6.07) is 0.489. The third kappa shape index (κ3) is 4.62. The van der Waals surface area contributed by atoms with Gasteiger partial charge >= 0.3 is 0 Å². The van der Waals surface area contributed by atoms with Crippen LogP contribution in [0.2, 0.25) is 0 Å². The molecule has 0 aliphatic heterocycles. The Morgan fingerprint density at radius 3 is 2.53 bits per heavy atom. The molecule has 1 aliphatic rings. The van der Waals surface area contributed by atoms with Gasteiger partial charge in [0.1, 0.15) is 0 Å². The standard InChI is InChI=1S/C11H22N2O2/c1-9(14)6-7-12(2)8-11(15)13(3)10-4-5-10/h9-10,14H,4-8H2,1-3H3/t9-/m1/s1. The number of carbonyl (C=O) groups excluding carboxylic acids is 1. The van der Waals surface area contributed by atoms with Gasteiger partial charge in [-0.3, -0.25) is 9.69 Å². The number of amides is 1. The third-order valence-corrected chi connectivity index (χ3v) is 2.82. The molecule has 1 saturated carbocycles. The minimum Gasteiger partial charge on any atom is -0.393 e. The van der Waals surface area contributed by atoms with Crippen molar-refractivity contribution in [1.29, 1.82) is 0 Å². The average molecular weight is 214 g/mol. The van der Waals surface area contributed by atoms with Gasteiger partial charge in [-0.2, -0.15) is 0 Å². The second-order valence-corrected chi connectivity index (χ2v) is 4.61. The zero-order chi connectivity index (χ0) is 11.4. The maximum absolute atomic E-state index is 11.7. The highest BCUT2D eigenvalue weighted by atomic mass is 16.3. The Hall–Kier alpha value is -0.610. The van der Waals surface area contributed by atoms with Crippen molar-refractivity contribution in [3.8, 4) is 0 Å². The van der Waals surface area contributed by atoms with Crippen LogP contribution < -0.4 is 0 Å². The Labute approximate surface area is 91.9 Å². The van der Waals surface area contributed by atoms with E-state index in [1.165, 1.54) is 0 Å². The van der Waals surface area contributed by atoms with Gasteiger partial charge < -0.3 is 10.0 Å². The number of aliphatic hydroxyl groups excluding tert-OH is 1. The van der Waals surface area contributed by atoms with Gasteiger partial charge in [-0.25, -0.2) is 0 Å². The van der Waals surface area contributed by atoms with E-state index in [1.807, 2.05) is 23.9 Å². The molecule has 1 amide bonds. The van der Waals surface area contributed by atoms with Gasteiger partial charge in [0.25, 0.3) is 0 Å². The number of hydrogen-bond donors (Lipinski definition) is 1. The first-order chi connectivity index (χ1) is 7.00. The van der Waals surface area contributed by atoms with Gasteiger partial charge in [0.2, 0.25) is 5.91 Å². The molecule has 1 aliphatic carbocycles. The molecule has 0 spiro atoms. The molecule has 15 heavy (non-hydrogen) atoms. The van der Waals surface area contributed by atoms with Crippen LogP contribution in [0.5, 0.6) is 0 Å². The normalized spacial score (nSPS) is 17.9. The molecule has 4 nitrogen and oxygen atoms in total. The van der Waals surface area contributed by atoms with E-state index < -0.39 is 0 Å². The fraction of sp³-hybridized carbons (Fsp3) is 0.909. The summed E-state index contributed by atoms with van der Waals surface area (Å²) in [6.07, 6.45) is 2.74. The van der Waals surface area contributed by atoms with Gasteiger partial charge in [-0.1, -0.05) is 0 Å². The Balaban J connectivity index is 2.18. The molecule has 0 bridgehead atoms. The molecule has 0 unspecified atom stereocenters. The summed E-state index contributed by atoms with van der Waals surface area (Å²) in [6.45, 7) is 2.99. The molecule has 0 aromatic heterocycles. The van der Waals surface area contributed by atoms with Gasteiger partial charge in [-0.05, 0) is 33.2 Å². The maximum atomic E-state index is 11.7. The van der Waals surface area contributed by atoms with Crippen molar-refractivity contribution < 1.29 is 9.90 Å². The van der Waals surface area contributed by atoms with Crippen LogP contribution >= 0.6 is 0 Å². The van der Waals surface area contributed by atoms with Crippen molar-refractivity contribution >= 4 is 5.91 Å². The van der Waals surface area contributed by atoms with Crippen LogP contribution in [0.1, 0.15) is 26.2 Å². The van der Waals surface area contributed by atoms with Crippen LogP contribution in [-0.4, -0.2) is 60.1 Å². The van der Waals surface area contributed by atoms with Crippen molar-refractivity contribution in [1.82, 2.24) is 9.80 Å². The second kappa shape index (κ2) is 5.47. The molecule has 1 fully saturated rings. The summed E-state index contributed by atoms with van der Waals surface area (Å²) in [5.41, 5.74) is 0. The zero-order valence-electron chi connectivity index (χ0n) is 9.94. The summed E-state index contributed by atoms with van der Waals surface area (Å²) in [5, 5.41) is 9.12. The highest BCUT2D eigenvalue weighted by Gasteiger charge is 2.29. The molecule has 1 rings (SSSR count). The van der Waals surface area contributed by atoms with E-state index in [0.717, 1.165) is 25.8 Å². The van der Waals surface area contributed by atoms with E-state index in [9.17, 15) is 4.79 Å². The summed E-state index contributed by atoms with van der Waals surface area (Å²) >= 11 is 0. The van der Waals surface area contributed by atoms with E-state index in [2.05, 4.69) is 0 Å². The summed E-state index contributed by atoms with van der Waals surface area (Å²) in [4.78, 5) is 15.5. The van der Waals surface area contributed by atoms with Crippen LogP contribution in [0, 0.1) is 0 Å². The van der Waals surface area contributed by atoms with Gasteiger partial charge in [0.05, 0.1) is 12.6 Å². The number of aliphatic hydroxyl groups is 1. The summed E-state index contributed by atoms with van der Waals surface area (Å²) < 4.78 is 0. The smallest absolute Gasteiger partial charge is 0.236 e. The Kier molecular flexibility index (Phi) is 4.54. The van der Waals surface area contributed by atoms with Gasteiger partial charge in [-0.15, -0.1) is 0 Å². The largest absolute Gasteiger partial charge is 0.393 e. The number of rotatable bonds is 6. The molecule has 0 radical (unpaired) electrons. The first-order valence-corrected chi connectivity index (χ1v) is 5.63. The number of likely N-dealkylation sites (N-methyl/N-ethyl adjacent to an activating group) is 2. The third-order valence-electron chi connectivity index (χ3n) is 2.82. The van der Waals surface area contributed by atoms with Crippen LogP contribution in [0.4, 0.5) is 0 Å². The monoisotopic (exact) mass is 214 g/mol. The van der Waals surface area contributed by atoms with E-state index in [4.69, 9.17) is 5.11 Å². The average Bonchev–Trinajstić information content (AvgIpc) is 2.96. The molecule has 88 valence electrons. The molecule has 0 aromatic carbocycles. The summed E-state index contributed by atoms with van der Waals surface area (Å²) in [7, 11) is 3.80. The topological polar surface area (TPSA) is 43.8 Å². The molecule has 0 heterocycles. The highest BCUT2D eigenvalue weighted by Crippen LogP contribution is 2.25. The zero-order valence-corrected chi connectivity index (χ0v) is 9.94. The van der Waals surface area contributed by atoms with Crippen LogP contribution in [0.3, 0.4) is 0 Å². The lowest BCUT2D eigenvalue weighted by atomic mass is 10.3. The lowest BCUT2D eigenvalue weighted by Crippen LogP contribution is -2.38. The van der Waals surface area contributed by atoms with E-state index >= 15 is 0 Å². The van der Waals surface area contributed by atoms with Crippen LogP contribution in [-0.2, 0) is 4.79 Å². The Morgan fingerprint density at radius 1 is 1.47 bits per heavy atom. The molecule has 1 N–H and O–H groups in total. The van der Waals surface area contributed by atoms with Crippen molar-refractivity contribution in [3.05, 3.63) is 0 Å². The van der Waals surface area contributed by atoms with Crippen molar-refractivity contribution in [3.63, 3.8) is 0 Å². The first kappa shape index (κ1) is 12.5. The predicted octanol–water partition coefficient (Wildman–Crippen LogP) is 0.310. The van der Waals surface area contributed by atoms with Crippen molar-refractivity contribution in [2.45, 2.75) is 38.3 Å². The number of carbonyl (C=O) groups is 1. The Bertz CT molecular complexity index is 215. The maximum Gasteiger partial charge on any atom is 0.236 e. The molecule has 4 heteroatoms. The van der Waals surface area contributed by atoms with Crippen LogP contribution in [0.25, 0.3) is 0 Å². The molecular weight excluding hydrogens is 192 g/mol. The SMILES string of the molecule is C[C@@H](O)CCN(C)CC(=O)N(C)C1CC1.